The van der Waals surface area contributed by atoms with Gasteiger partial charge in [0.1, 0.15) is 12.7 Å². The summed E-state index contributed by atoms with van der Waals surface area (Å²) in [5.41, 5.74) is 0.850. The molecule has 0 bridgehead atoms. The first-order valence-corrected chi connectivity index (χ1v) is 6.51. The van der Waals surface area contributed by atoms with E-state index in [-0.39, 0.29) is 0 Å². The van der Waals surface area contributed by atoms with Crippen LogP contribution in [0.4, 0.5) is 0 Å². The Bertz CT molecular complexity index is 646. The van der Waals surface area contributed by atoms with Crippen LogP contribution in [0, 0.1) is 0 Å². The van der Waals surface area contributed by atoms with Gasteiger partial charge in [-0.05, 0) is 11.4 Å². The van der Waals surface area contributed by atoms with Gasteiger partial charge in [0, 0.05) is 6.42 Å². The molecule has 19 heavy (non-hydrogen) atoms. The third-order valence-corrected chi connectivity index (χ3v) is 3.42. The lowest BCUT2D eigenvalue weighted by Gasteiger charge is -1.96. The van der Waals surface area contributed by atoms with Crippen molar-refractivity contribution in [3.8, 4) is 16.5 Å². The van der Waals surface area contributed by atoms with Crippen molar-refractivity contribution in [2.75, 3.05) is 7.11 Å². The summed E-state index contributed by atoms with van der Waals surface area (Å²) in [6, 6.07) is 1.91. The Kier molecular flexibility index (Phi) is 3.23. The summed E-state index contributed by atoms with van der Waals surface area (Å²) in [6.07, 6.45) is 3.76. The standard InChI is InChI=1S/C11H11N5O2S/c1-17-11-8(3-5-19-11)10-14-9(18-15-10)2-4-16-7-12-6-13-16/h3,5-7H,2,4H2,1H3. The molecular formula is C11H11N5O2S. The van der Waals surface area contributed by atoms with Crippen LogP contribution in [0.25, 0.3) is 11.4 Å². The molecule has 0 amide bonds. The molecule has 0 fully saturated rings. The number of methoxy groups -OCH3 is 1. The Morgan fingerprint density at radius 1 is 1.47 bits per heavy atom. The highest BCUT2D eigenvalue weighted by molar-refractivity contribution is 7.12. The Labute approximate surface area is 112 Å². The van der Waals surface area contributed by atoms with E-state index in [9.17, 15) is 0 Å². The van der Waals surface area contributed by atoms with Gasteiger partial charge in [-0.15, -0.1) is 11.3 Å². The summed E-state index contributed by atoms with van der Waals surface area (Å²) in [4.78, 5) is 8.22. The van der Waals surface area contributed by atoms with E-state index < -0.39 is 0 Å². The second-order valence-electron chi connectivity index (χ2n) is 3.75. The SMILES string of the molecule is COc1sccc1-c1noc(CCn2cncn2)n1. The van der Waals surface area contributed by atoms with Crippen molar-refractivity contribution in [2.24, 2.45) is 0 Å². The van der Waals surface area contributed by atoms with E-state index in [1.54, 1.807) is 18.1 Å². The van der Waals surface area contributed by atoms with Crippen LogP contribution in [0.5, 0.6) is 5.06 Å². The van der Waals surface area contributed by atoms with Crippen molar-refractivity contribution in [1.82, 2.24) is 24.9 Å². The first-order valence-electron chi connectivity index (χ1n) is 5.63. The van der Waals surface area contributed by atoms with Gasteiger partial charge < -0.3 is 9.26 Å². The van der Waals surface area contributed by atoms with Gasteiger partial charge in [0.2, 0.25) is 11.7 Å². The van der Waals surface area contributed by atoms with E-state index in [1.807, 2.05) is 11.4 Å². The molecule has 0 saturated heterocycles. The molecule has 0 radical (unpaired) electrons. The van der Waals surface area contributed by atoms with Gasteiger partial charge in [0.25, 0.3) is 0 Å². The van der Waals surface area contributed by atoms with Gasteiger partial charge in [-0.1, -0.05) is 5.16 Å². The van der Waals surface area contributed by atoms with E-state index in [1.165, 1.54) is 17.7 Å². The van der Waals surface area contributed by atoms with Crippen molar-refractivity contribution >= 4 is 11.3 Å². The molecule has 0 aliphatic heterocycles. The zero-order valence-corrected chi connectivity index (χ0v) is 11.0. The third kappa shape index (κ3) is 2.48. The molecule has 0 aliphatic rings. The molecule has 7 nitrogen and oxygen atoms in total. The van der Waals surface area contributed by atoms with E-state index in [0.29, 0.717) is 24.7 Å². The first-order chi connectivity index (χ1) is 9.36. The Morgan fingerprint density at radius 2 is 2.42 bits per heavy atom. The number of nitrogens with zero attached hydrogens (tertiary/aromatic N) is 5. The molecule has 0 unspecified atom stereocenters. The molecule has 0 spiro atoms. The van der Waals surface area contributed by atoms with Gasteiger partial charge in [0.15, 0.2) is 5.06 Å². The lowest BCUT2D eigenvalue weighted by molar-refractivity contribution is 0.369. The summed E-state index contributed by atoms with van der Waals surface area (Å²) < 4.78 is 12.2. The predicted octanol–water partition coefficient (Wildman–Crippen LogP) is 1.64. The minimum atomic E-state index is 0.548. The van der Waals surface area contributed by atoms with Crippen LogP contribution < -0.4 is 4.74 Å². The highest BCUT2D eigenvalue weighted by atomic mass is 32.1. The van der Waals surface area contributed by atoms with Crippen molar-refractivity contribution < 1.29 is 9.26 Å². The number of hydrogen-bond acceptors (Lipinski definition) is 7. The second kappa shape index (κ2) is 5.19. The Hall–Kier alpha value is -2.22. The maximum atomic E-state index is 5.24. The van der Waals surface area contributed by atoms with Gasteiger partial charge in [-0.3, -0.25) is 4.68 Å². The molecular weight excluding hydrogens is 266 g/mol. The topological polar surface area (TPSA) is 78.9 Å². The van der Waals surface area contributed by atoms with Gasteiger partial charge in [-0.2, -0.15) is 10.1 Å². The Balaban J connectivity index is 1.72. The zero-order valence-electron chi connectivity index (χ0n) is 10.2. The molecule has 3 aromatic heterocycles. The Morgan fingerprint density at radius 3 is 3.21 bits per heavy atom. The summed E-state index contributed by atoms with van der Waals surface area (Å²) in [5.74, 6) is 1.12. The third-order valence-electron chi connectivity index (χ3n) is 2.55. The van der Waals surface area contributed by atoms with Crippen LogP contribution in [0.3, 0.4) is 0 Å². The number of rotatable bonds is 5. The highest BCUT2D eigenvalue weighted by Crippen LogP contribution is 2.33. The zero-order chi connectivity index (χ0) is 13.1. The molecule has 0 saturated carbocycles. The average molecular weight is 277 g/mol. The predicted molar refractivity (Wildman–Crippen MR) is 67.9 cm³/mol. The summed E-state index contributed by atoms with van der Waals surface area (Å²) >= 11 is 1.50. The lowest BCUT2D eigenvalue weighted by atomic mass is 10.3. The summed E-state index contributed by atoms with van der Waals surface area (Å²) in [6.45, 7) is 0.655. The van der Waals surface area contributed by atoms with E-state index >= 15 is 0 Å². The average Bonchev–Trinajstić information content (AvgIpc) is 3.16. The number of ether oxygens (including phenoxy) is 1. The lowest BCUT2D eigenvalue weighted by Crippen LogP contribution is -2.01. The maximum absolute atomic E-state index is 5.24. The molecule has 8 heteroatoms. The molecule has 3 aromatic rings. The number of thiophene rings is 1. The minimum absolute atomic E-state index is 0.548. The van der Waals surface area contributed by atoms with Crippen LogP contribution in [0.15, 0.2) is 28.6 Å². The molecule has 0 atom stereocenters. The summed E-state index contributed by atoms with van der Waals surface area (Å²) in [7, 11) is 1.63. The largest absolute Gasteiger partial charge is 0.487 e. The molecule has 98 valence electrons. The van der Waals surface area contributed by atoms with Gasteiger partial charge in [-0.25, -0.2) is 4.98 Å². The second-order valence-corrected chi connectivity index (χ2v) is 4.62. The summed E-state index contributed by atoms with van der Waals surface area (Å²) in [5, 5.41) is 10.7. The van der Waals surface area contributed by atoms with Crippen LogP contribution in [0.1, 0.15) is 5.89 Å². The van der Waals surface area contributed by atoms with Crippen molar-refractivity contribution in [3.05, 3.63) is 30.0 Å². The number of aryl methyl sites for hydroxylation is 2. The smallest absolute Gasteiger partial charge is 0.228 e. The number of aromatic nitrogens is 5. The molecule has 0 aliphatic carbocycles. The molecule has 3 heterocycles. The quantitative estimate of drug-likeness (QED) is 0.705. The fourth-order valence-corrected chi connectivity index (χ4v) is 2.35. The molecule has 0 aromatic carbocycles. The fraction of sp³-hybridized carbons (Fsp3) is 0.273. The molecule has 3 rings (SSSR count). The first kappa shape index (κ1) is 11.8. The van der Waals surface area contributed by atoms with Crippen molar-refractivity contribution in [2.45, 2.75) is 13.0 Å². The highest BCUT2D eigenvalue weighted by Gasteiger charge is 2.14. The van der Waals surface area contributed by atoms with E-state index in [4.69, 9.17) is 9.26 Å². The van der Waals surface area contributed by atoms with Crippen LogP contribution in [-0.2, 0) is 13.0 Å². The maximum Gasteiger partial charge on any atom is 0.228 e. The molecule has 0 N–H and O–H groups in total. The normalized spacial score (nSPS) is 10.8. The van der Waals surface area contributed by atoms with Crippen molar-refractivity contribution in [3.63, 3.8) is 0 Å². The number of hydrogen-bond donors (Lipinski definition) is 0. The van der Waals surface area contributed by atoms with E-state index in [0.717, 1.165) is 10.6 Å². The van der Waals surface area contributed by atoms with Crippen molar-refractivity contribution in [1.29, 1.82) is 0 Å². The van der Waals surface area contributed by atoms with Crippen LogP contribution in [0.2, 0.25) is 0 Å². The monoisotopic (exact) mass is 277 g/mol. The van der Waals surface area contributed by atoms with Crippen LogP contribution in [-0.4, -0.2) is 32.0 Å². The fourth-order valence-electron chi connectivity index (χ4n) is 1.64. The van der Waals surface area contributed by atoms with E-state index in [2.05, 4.69) is 20.2 Å². The minimum Gasteiger partial charge on any atom is -0.487 e. The van der Waals surface area contributed by atoms with Gasteiger partial charge in [0.05, 0.1) is 19.2 Å². The van der Waals surface area contributed by atoms with Gasteiger partial charge >= 0.3 is 0 Å². The van der Waals surface area contributed by atoms with Crippen LogP contribution >= 0.6 is 11.3 Å².